The van der Waals surface area contributed by atoms with Crippen molar-refractivity contribution in [2.75, 3.05) is 12.8 Å². The number of methoxy groups -OCH3 is 1. The van der Waals surface area contributed by atoms with Crippen molar-refractivity contribution in [1.29, 1.82) is 0 Å². The molecule has 2 aromatic heterocycles. The first-order valence-corrected chi connectivity index (χ1v) is 5.35. The van der Waals surface area contributed by atoms with Crippen LogP contribution in [-0.4, -0.2) is 32.5 Å². The van der Waals surface area contributed by atoms with Crippen LogP contribution in [0.3, 0.4) is 0 Å². The molecular weight excluding hydrogens is 236 g/mol. The number of hydrogen-bond donors (Lipinski definition) is 2. The van der Waals surface area contributed by atoms with Gasteiger partial charge >= 0.3 is 0 Å². The average Bonchev–Trinajstić information content (AvgIpc) is 2.63. The fourth-order valence-corrected chi connectivity index (χ4v) is 1.87. The Kier molecular flexibility index (Phi) is 3.00. The first-order chi connectivity index (χ1) is 8.54. The van der Waals surface area contributed by atoms with E-state index in [9.17, 15) is 4.79 Å². The van der Waals surface area contributed by atoms with E-state index in [2.05, 4.69) is 15.0 Å². The van der Waals surface area contributed by atoms with Crippen LogP contribution in [-0.2, 0) is 4.79 Å². The minimum absolute atomic E-state index is 0.155. The molecule has 8 nitrogen and oxygen atoms in total. The van der Waals surface area contributed by atoms with Crippen molar-refractivity contribution >= 4 is 23.0 Å². The van der Waals surface area contributed by atoms with E-state index in [1.807, 2.05) is 6.92 Å². The minimum atomic E-state index is -0.412. The Bertz CT molecular complexity index is 593. The van der Waals surface area contributed by atoms with E-state index in [4.69, 9.17) is 16.2 Å². The molecule has 0 aromatic carbocycles. The van der Waals surface area contributed by atoms with Crippen LogP contribution in [0.5, 0.6) is 5.88 Å². The van der Waals surface area contributed by atoms with Crippen molar-refractivity contribution in [1.82, 2.24) is 19.5 Å². The number of rotatable bonds is 4. The van der Waals surface area contributed by atoms with Crippen LogP contribution < -0.4 is 16.2 Å². The van der Waals surface area contributed by atoms with Gasteiger partial charge in [0.1, 0.15) is 6.33 Å². The maximum atomic E-state index is 11.0. The Hall–Kier alpha value is -2.38. The van der Waals surface area contributed by atoms with E-state index in [1.165, 1.54) is 13.4 Å². The molecule has 1 unspecified atom stereocenters. The van der Waals surface area contributed by atoms with Gasteiger partial charge in [0.05, 0.1) is 7.11 Å². The van der Waals surface area contributed by atoms with Crippen molar-refractivity contribution in [2.45, 2.75) is 19.4 Å². The van der Waals surface area contributed by atoms with E-state index < -0.39 is 5.91 Å². The third-order valence-corrected chi connectivity index (χ3v) is 2.60. The molecule has 18 heavy (non-hydrogen) atoms. The van der Waals surface area contributed by atoms with E-state index in [1.54, 1.807) is 4.57 Å². The second-order valence-corrected chi connectivity index (χ2v) is 3.91. The first kappa shape index (κ1) is 12.1. The summed E-state index contributed by atoms with van der Waals surface area (Å²) in [5, 5.41) is 0. The summed E-state index contributed by atoms with van der Waals surface area (Å²) in [6.07, 6.45) is 1.51. The Morgan fingerprint density at radius 1 is 1.56 bits per heavy atom. The van der Waals surface area contributed by atoms with Gasteiger partial charge in [0, 0.05) is 12.5 Å². The number of imidazole rings is 1. The molecule has 0 saturated heterocycles. The third kappa shape index (κ3) is 1.92. The van der Waals surface area contributed by atoms with Gasteiger partial charge in [0.25, 0.3) is 0 Å². The number of carbonyl (C=O) groups excluding carboxylic acids is 1. The molecule has 0 spiro atoms. The van der Waals surface area contributed by atoms with Gasteiger partial charge in [-0.15, -0.1) is 0 Å². The molecule has 1 amide bonds. The second kappa shape index (κ2) is 4.47. The van der Waals surface area contributed by atoms with Crippen molar-refractivity contribution in [3.05, 3.63) is 6.33 Å². The predicted octanol–water partition coefficient (Wildman–Crippen LogP) is -0.147. The van der Waals surface area contributed by atoms with Gasteiger partial charge in [0.2, 0.25) is 17.7 Å². The smallest absolute Gasteiger partial charge is 0.245 e. The average molecular weight is 250 g/mol. The number of primary amides is 1. The van der Waals surface area contributed by atoms with Gasteiger partial charge in [-0.3, -0.25) is 9.36 Å². The Labute approximate surface area is 103 Å². The number of ether oxygens (including phenoxy) is 1. The highest BCUT2D eigenvalue weighted by Crippen LogP contribution is 2.26. The summed E-state index contributed by atoms with van der Waals surface area (Å²) in [6.45, 7) is 1.82. The maximum Gasteiger partial charge on any atom is 0.245 e. The van der Waals surface area contributed by atoms with Crippen LogP contribution >= 0.6 is 0 Å². The van der Waals surface area contributed by atoms with Crippen molar-refractivity contribution in [3.8, 4) is 5.88 Å². The van der Waals surface area contributed by atoms with Crippen molar-refractivity contribution < 1.29 is 9.53 Å². The lowest BCUT2D eigenvalue weighted by atomic mass is 10.2. The first-order valence-electron chi connectivity index (χ1n) is 5.35. The zero-order valence-electron chi connectivity index (χ0n) is 10.1. The van der Waals surface area contributed by atoms with Crippen molar-refractivity contribution in [2.24, 2.45) is 5.73 Å². The topological polar surface area (TPSA) is 122 Å². The highest BCUT2D eigenvalue weighted by atomic mass is 16.5. The fraction of sp³-hybridized carbons (Fsp3) is 0.400. The van der Waals surface area contributed by atoms with E-state index in [0.29, 0.717) is 17.0 Å². The largest absolute Gasteiger partial charge is 0.479 e. The highest BCUT2D eigenvalue weighted by molar-refractivity contribution is 5.80. The zero-order chi connectivity index (χ0) is 13.3. The van der Waals surface area contributed by atoms with Gasteiger partial charge in [-0.2, -0.15) is 4.98 Å². The Morgan fingerprint density at radius 3 is 2.89 bits per heavy atom. The van der Waals surface area contributed by atoms with E-state index in [0.717, 1.165) is 0 Å². The summed E-state index contributed by atoms with van der Waals surface area (Å²) < 4.78 is 6.73. The molecule has 8 heteroatoms. The zero-order valence-corrected chi connectivity index (χ0v) is 10.1. The highest BCUT2D eigenvalue weighted by Gasteiger charge is 2.19. The monoisotopic (exact) mass is 250 g/mol. The molecular formula is C10H14N6O2. The normalized spacial score (nSPS) is 12.6. The number of fused-ring (bicyclic) bond motifs is 1. The van der Waals surface area contributed by atoms with Gasteiger partial charge < -0.3 is 16.2 Å². The third-order valence-electron chi connectivity index (χ3n) is 2.60. The summed E-state index contributed by atoms with van der Waals surface area (Å²) >= 11 is 0. The molecule has 0 bridgehead atoms. The van der Waals surface area contributed by atoms with E-state index >= 15 is 0 Å². The summed E-state index contributed by atoms with van der Waals surface area (Å²) in [4.78, 5) is 23.2. The number of carbonyl (C=O) groups is 1. The lowest BCUT2D eigenvalue weighted by molar-refractivity contribution is -0.118. The lowest BCUT2D eigenvalue weighted by Crippen LogP contribution is -2.18. The van der Waals surface area contributed by atoms with Crippen LogP contribution in [0.25, 0.3) is 11.2 Å². The minimum Gasteiger partial charge on any atom is -0.479 e. The molecule has 0 aliphatic rings. The van der Waals surface area contributed by atoms with Gasteiger partial charge in [-0.25, -0.2) is 9.97 Å². The number of amides is 1. The molecule has 1 atom stereocenters. The van der Waals surface area contributed by atoms with Crippen LogP contribution in [0.15, 0.2) is 6.33 Å². The number of nitrogen functional groups attached to an aromatic ring is 1. The van der Waals surface area contributed by atoms with E-state index in [-0.39, 0.29) is 18.4 Å². The van der Waals surface area contributed by atoms with Crippen LogP contribution in [0.1, 0.15) is 19.4 Å². The number of hydrogen-bond acceptors (Lipinski definition) is 6. The summed E-state index contributed by atoms with van der Waals surface area (Å²) in [7, 11) is 1.49. The molecule has 0 saturated carbocycles. The van der Waals surface area contributed by atoms with Gasteiger partial charge in [-0.1, -0.05) is 0 Å². The molecule has 0 aliphatic carbocycles. The number of anilines is 1. The quantitative estimate of drug-likeness (QED) is 0.778. The summed E-state index contributed by atoms with van der Waals surface area (Å²) in [6, 6.07) is -0.230. The number of aromatic nitrogens is 4. The Balaban J connectivity index is 2.57. The number of nitrogens with zero attached hydrogens (tertiary/aromatic N) is 4. The molecule has 2 rings (SSSR count). The Morgan fingerprint density at radius 2 is 2.28 bits per heavy atom. The molecule has 0 fully saturated rings. The lowest BCUT2D eigenvalue weighted by Gasteiger charge is -2.13. The fourth-order valence-electron chi connectivity index (χ4n) is 1.87. The summed E-state index contributed by atoms with van der Waals surface area (Å²) in [5.41, 5.74) is 12.0. The SMILES string of the molecule is COc1ncnc2c1nc(N)n2C(C)CC(N)=O. The second-order valence-electron chi connectivity index (χ2n) is 3.91. The predicted molar refractivity (Wildman–Crippen MR) is 64.8 cm³/mol. The molecule has 2 aromatic rings. The molecule has 4 N–H and O–H groups in total. The standard InChI is InChI=1S/C10H14N6O2/c1-5(3-6(11)17)16-8-7(15-10(16)12)9(18-2)14-4-13-8/h4-5H,3H2,1-2H3,(H2,11,17)(H2,12,15). The molecule has 0 radical (unpaired) electrons. The van der Waals surface area contributed by atoms with Crippen LogP contribution in [0.2, 0.25) is 0 Å². The van der Waals surface area contributed by atoms with Gasteiger partial charge in [0.15, 0.2) is 11.2 Å². The number of nitrogens with two attached hydrogens (primary N) is 2. The maximum absolute atomic E-state index is 11.0. The molecule has 2 heterocycles. The van der Waals surface area contributed by atoms with Crippen LogP contribution in [0, 0.1) is 0 Å². The van der Waals surface area contributed by atoms with Crippen molar-refractivity contribution in [3.63, 3.8) is 0 Å². The molecule has 0 aliphatic heterocycles. The van der Waals surface area contributed by atoms with Crippen LogP contribution in [0.4, 0.5) is 5.95 Å². The summed E-state index contributed by atoms with van der Waals surface area (Å²) in [5.74, 6) is 0.180. The molecule has 96 valence electrons. The van der Waals surface area contributed by atoms with Gasteiger partial charge in [-0.05, 0) is 6.92 Å².